The number of fused-ring (bicyclic) bond motifs is 2. The molecule has 0 saturated heterocycles. The largest absolute Gasteiger partial charge is 0.452 e. The first-order valence-corrected chi connectivity index (χ1v) is 6.60. The molecule has 0 bridgehead atoms. The lowest BCUT2D eigenvalue weighted by molar-refractivity contribution is 0.460. The van der Waals surface area contributed by atoms with E-state index in [1.807, 2.05) is 0 Å². The van der Waals surface area contributed by atoms with Gasteiger partial charge in [0, 0.05) is 18.0 Å². The molecule has 0 saturated carbocycles. The van der Waals surface area contributed by atoms with E-state index in [1.165, 1.54) is 12.4 Å². The summed E-state index contributed by atoms with van der Waals surface area (Å²) in [7, 11) is -3.46. The Balaban J connectivity index is 2.28. The normalized spacial score (nSPS) is 16.2. The summed E-state index contributed by atoms with van der Waals surface area (Å²) in [6, 6.07) is 4.86. The monoisotopic (exact) mass is 248 g/mol. The molecular weight excluding hydrogens is 240 g/mol. The van der Waals surface area contributed by atoms with Gasteiger partial charge in [0.05, 0.1) is 11.9 Å². The second kappa shape index (κ2) is 3.53. The van der Waals surface area contributed by atoms with Crippen molar-refractivity contribution in [1.29, 1.82) is 0 Å². The van der Waals surface area contributed by atoms with Crippen LogP contribution in [0.5, 0.6) is 11.5 Å². The minimum absolute atomic E-state index is 0.0174. The highest BCUT2D eigenvalue weighted by Gasteiger charge is 2.27. The Kier molecular flexibility index (Phi) is 2.12. The van der Waals surface area contributed by atoms with Crippen LogP contribution in [-0.2, 0) is 15.6 Å². The molecule has 0 radical (unpaired) electrons. The Morgan fingerprint density at radius 1 is 1.18 bits per heavy atom. The Bertz CT molecular complexity index is 683. The van der Waals surface area contributed by atoms with Gasteiger partial charge < -0.3 is 4.74 Å². The van der Waals surface area contributed by atoms with Crippen LogP contribution in [0.25, 0.3) is 0 Å². The molecule has 1 aliphatic rings. The van der Waals surface area contributed by atoms with Gasteiger partial charge in [-0.25, -0.2) is 13.4 Å². The van der Waals surface area contributed by atoms with E-state index in [4.69, 9.17) is 4.74 Å². The Labute approximate surface area is 98.0 Å². The summed E-state index contributed by atoms with van der Waals surface area (Å²) < 4.78 is 29.7. The first-order valence-electron chi connectivity index (χ1n) is 4.95. The first-order chi connectivity index (χ1) is 8.17. The molecule has 0 unspecified atom stereocenters. The maximum atomic E-state index is 12.1. The molecule has 86 valence electrons. The average Bonchev–Trinajstić information content (AvgIpc) is 2.42. The zero-order chi connectivity index (χ0) is 11.9. The highest BCUT2D eigenvalue weighted by molar-refractivity contribution is 7.90. The molecule has 2 aromatic rings. The number of pyridine rings is 2. The van der Waals surface area contributed by atoms with E-state index in [2.05, 4.69) is 9.97 Å². The molecule has 3 heterocycles. The number of hydrogen-bond donors (Lipinski definition) is 0. The number of sulfone groups is 1. The van der Waals surface area contributed by atoms with E-state index < -0.39 is 9.84 Å². The predicted octanol–water partition coefficient (Wildman–Crippen LogP) is 1.56. The van der Waals surface area contributed by atoms with Crippen LogP contribution in [0.15, 0.2) is 41.8 Å². The molecule has 0 fully saturated rings. The van der Waals surface area contributed by atoms with Gasteiger partial charge in [0.2, 0.25) is 9.84 Å². The number of rotatable bonds is 0. The first kappa shape index (κ1) is 10.2. The highest BCUT2D eigenvalue weighted by Crippen LogP contribution is 2.35. The Hall–Kier alpha value is -1.95. The van der Waals surface area contributed by atoms with Gasteiger partial charge in [-0.05, 0) is 18.2 Å². The minimum Gasteiger partial charge on any atom is -0.452 e. The van der Waals surface area contributed by atoms with Crippen LogP contribution in [0.2, 0.25) is 0 Å². The van der Waals surface area contributed by atoms with Crippen molar-refractivity contribution < 1.29 is 13.2 Å². The summed E-state index contributed by atoms with van der Waals surface area (Å²) in [4.78, 5) is 7.80. The van der Waals surface area contributed by atoms with E-state index in [0.717, 1.165) is 0 Å². The molecule has 1 aliphatic heterocycles. The fraction of sp³-hybridized carbons (Fsp3) is 0.0909. The Morgan fingerprint density at radius 3 is 2.94 bits per heavy atom. The van der Waals surface area contributed by atoms with E-state index in [9.17, 15) is 8.42 Å². The molecule has 0 atom stereocenters. The molecule has 5 nitrogen and oxygen atoms in total. The summed E-state index contributed by atoms with van der Waals surface area (Å²) in [6.45, 7) is 0. The van der Waals surface area contributed by atoms with Crippen molar-refractivity contribution in [2.24, 2.45) is 0 Å². The van der Waals surface area contributed by atoms with E-state index in [0.29, 0.717) is 11.3 Å². The van der Waals surface area contributed by atoms with Crippen LogP contribution in [0.1, 0.15) is 5.56 Å². The second-order valence-corrected chi connectivity index (χ2v) is 5.56. The average molecular weight is 248 g/mol. The zero-order valence-electron chi connectivity index (χ0n) is 8.70. The van der Waals surface area contributed by atoms with Crippen molar-refractivity contribution in [2.45, 2.75) is 10.8 Å². The van der Waals surface area contributed by atoms with Crippen molar-refractivity contribution >= 4 is 9.84 Å². The fourth-order valence-electron chi connectivity index (χ4n) is 1.70. The molecule has 17 heavy (non-hydrogen) atoms. The lowest BCUT2D eigenvalue weighted by atomic mass is 10.3. The van der Waals surface area contributed by atoms with Gasteiger partial charge in [-0.2, -0.15) is 0 Å². The van der Waals surface area contributed by atoms with E-state index in [1.54, 1.807) is 24.4 Å². The molecule has 3 rings (SSSR count). The van der Waals surface area contributed by atoms with Crippen molar-refractivity contribution in [1.82, 2.24) is 9.97 Å². The van der Waals surface area contributed by atoms with Crippen molar-refractivity contribution in [3.63, 3.8) is 0 Å². The summed E-state index contributed by atoms with van der Waals surface area (Å²) >= 11 is 0. The van der Waals surface area contributed by atoms with Gasteiger partial charge in [-0.3, -0.25) is 4.98 Å². The van der Waals surface area contributed by atoms with Crippen molar-refractivity contribution in [2.75, 3.05) is 0 Å². The molecule has 0 N–H and O–H groups in total. The second-order valence-electron chi connectivity index (χ2n) is 3.65. The van der Waals surface area contributed by atoms with Gasteiger partial charge in [0.1, 0.15) is 5.75 Å². The quantitative estimate of drug-likeness (QED) is 0.707. The Morgan fingerprint density at radius 2 is 2.06 bits per heavy atom. The molecular formula is C11H8N2O3S. The number of ether oxygens (including phenoxy) is 1. The smallest absolute Gasteiger partial charge is 0.203 e. The topological polar surface area (TPSA) is 69.2 Å². The summed E-state index contributed by atoms with van der Waals surface area (Å²) in [5, 5.41) is -0.0174. The van der Waals surface area contributed by atoms with Crippen LogP contribution < -0.4 is 4.74 Å². The third kappa shape index (κ3) is 1.66. The van der Waals surface area contributed by atoms with Gasteiger partial charge in [0.25, 0.3) is 0 Å². The summed E-state index contributed by atoms with van der Waals surface area (Å²) in [5.41, 5.74) is 0.595. The summed E-state index contributed by atoms with van der Waals surface area (Å²) in [5.74, 6) is 0.594. The predicted molar refractivity (Wildman–Crippen MR) is 59.4 cm³/mol. The SMILES string of the molecule is O=S1(=O)Cc2ccncc2Oc2cccnc21. The molecule has 0 aromatic carbocycles. The van der Waals surface area contributed by atoms with Crippen LogP contribution >= 0.6 is 0 Å². The number of nitrogens with zero attached hydrogens (tertiary/aromatic N) is 2. The minimum atomic E-state index is -3.46. The van der Waals surface area contributed by atoms with Gasteiger partial charge in [0.15, 0.2) is 10.8 Å². The highest BCUT2D eigenvalue weighted by atomic mass is 32.2. The van der Waals surface area contributed by atoms with Crippen molar-refractivity contribution in [3.05, 3.63) is 42.4 Å². The fourth-order valence-corrected chi connectivity index (χ4v) is 3.12. The van der Waals surface area contributed by atoms with Crippen LogP contribution in [0.3, 0.4) is 0 Å². The van der Waals surface area contributed by atoms with Crippen LogP contribution in [-0.4, -0.2) is 18.4 Å². The number of hydrogen-bond acceptors (Lipinski definition) is 5. The molecule has 0 spiro atoms. The molecule has 2 aromatic heterocycles. The third-order valence-electron chi connectivity index (χ3n) is 2.47. The summed E-state index contributed by atoms with van der Waals surface area (Å²) in [6.07, 6.45) is 4.49. The van der Waals surface area contributed by atoms with Gasteiger partial charge in [-0.1, -0.05) is 0 Å². The molecule has 6 heteroatoms. The van der Waals surface area contributed by atoms with Crippen molar-refractivity contribution in [3.8, 4) is 11.5 Å². The maximum Gasteiger partial charge on any atom is 0.203 e. The maximum absolute atomic E-state index is 12.1. The lowest BCUT2D eigenvalue weighted by Gasteiger charge is -2.05. The lowest BCUT2D eigenvalue weighted by Crippen LogP contribution is -2.05. The van der Waals surface area contributed by atoms with Gasteiger partial charge in [-0.15, -0.1) is 0 Å². The van der Waals surface area contributed by atoms with Crippen LogP contribution in [0, 0.1) is 0 Å². The van der Waals surface area contributed by atoms with Gasteiger partial charge >= 0.3 is 0 Å². The zero-order valence-corrected chi connectivity index (χ0v) is 9.52. The molecule has 0 amide bonds. The van der Waals surface area contributed by atoms with E-state index >= 15 is 0 Å². The number of aromatic nitrogens is 2. The standard InChI is InChI=1S/C11H8N2O3S/c14-17(15)7-8-3-5-12-6-10(8)16-9-2-1-4-13-11(9)17/h1-6H,7H2. The van der Waals surface area contributed by atoms with E-state index in [-0.39, 0.29) is 16.5 Å². The molecule has 0 aliphatic carbocycles. The van der Waals surface area contributed by atoms with Crippen LogP contribution in [0.4, 0.5) is 0 Å². The third-order valence-corrected chi connectivity index (χ3v) is 4.05.